The summed E-state index contributed by atoms with van der Waals surface area (Å²) in [5.41, 5.74) is 2.72. The fourth-order valence-corrected chi connectivity index (χ4v) is 4.78. The first-order valence-corrected chi connectivity index (χ1v) is 13.0. The number of hydrogen-bond acceptors (Lipinski definition) is 7. The Morgan fingerprint density at radius 1 is 1.11 bits per heavy atom. The highest BCUT2D eigenvalue weighted by Crippen LogP contribution is 2.34. The molecule has 0 saturated carbocycles. The van der Waals surface area contributed by atoms with E-state index in [9.17, 15) is 4.79 Å². The maximum atomic E-state index is 12.7. The van der Waals surface area contributed by atoms with Crippen LogP contribution < -0.4 is 14.4 Å². The maximum absolute atomic E-state index is 12.7. The van der Waals surface area contributed by atoms with E-state index in [1.54, 1.807) is 25.4 Å². The summed E-state index contributed by atoms with van der Waals surface area (Å²) in [5.74, 6) is 1.88. The maximum Gasteiger partial charge on any atom is 0.342 e. The highest BCUT2D eigenvalue weighted by atomic mass is 16.5. The number of rotatable bonds is 11. The summed E-state index contributed by atoms with van der Waals surface area (Å²) in [6.45, 7) is 9.61. The zero-order valence-electron chi connectivity index (χ0n) is 22.2. The van der Waals surface area contributed by atoms with Crippen molar-refractivity contribution in [3.8, 4) is 11.5 Å². The summed E-state index contributed by atoms with van der Waals surface area (Å²) in [4.78, 5) is 21.9. The van der Waals surface area contributed by atoms with Crippen LogP contribution in [0.25, 0.3) is 0 Å². The quantitative estimate of drug-likeness (QED) is 0.328. The van der Waals surface area contributed by atoms with E-state index in [1.165, 1.54) is 0 Å². The number of carbonyl (C=O) groups excluding carboxylic acids is 1. The number of aromatic nitrogens is 1. The summed E-state index contributed by atoms with van der Waals surface area (Å²) in [6, 6.07) is 20.1. The van der Waals surface area contributed by atoms with Crippen LogP contribution in [0.1, 0.15) is 48.7 Å². The fraction of sp³-hybridized carbons (Fsp3) is 0.400. The molecule has 2 aromatic carbocycles. The van der Waals surface area contributed by atoms with Crippen molar-refractivity contribution in [2.45, 2.75) is 52.5 Å². The largest absolute Gasteiger partial charge is 0.493 e. The zero-order chi connectivity index (χ0) is 26.2. The smallest absolute Gasteiger partial charge is 0.342 e. The molecule has 196 valence electrons. The molecule has 1 atom stereocenters. The summed E-state index contributed by atoms with van der Waals surface area (Å²) >= 11 is 0. The predicted molar refractivity (Wildman–Crippen MR) is 145 cm³/mol. The number of benzene rings is 2. The van der Waals surface area contributed by atoms with Gasteiger partial charge in [-0.2, -0.15) is 0 Å². The zero-order valence-corrected chi connectivity index (χ0v) is 22.2. The van der Waals surface area contributed by atoms with Gasteiger partial charge in [-0.15, -0.1) is 0 Å². The van der Waals surface area contributed by atoms with E-state index in [-0.39, 0.29) is 12.1 Å². The monoisotopic (exact) mass is 503 g/mol. The Kier molecular flexibility index (Phi) is 9.01. The fourth-order valence-electron chi connectivity index (χ4n) is 4.78. The van der Waals surface area contributed by atoms with Crippen molar-refractivity contribution in [1.29, 1.82) is 0 Å². The minimum atomic E-state index is -0.328. The molecule has 4 rings (SSSR count). The Morgan fingerprint density at radius 2 is 1.92 bits per heavy atom. The number of esters is 1. The molecule has 0 bridgehead atoms. The second kappa shape index (κ2) is 12.6. The van der Waals surface area contributed by atoms with Gasteiger partial charge in [0.25, 0.3) is 0 Å². The van der Waals surface area contributed by atoms with E-state index >= 15 is 0 Å². The Balaban J connectivity index is 1.49. The molecule has 0 N–H and O–H groups in total. The number of para-hydroxylation sites is 1. The molecule has 0 unspecified atom stereocenters. The molecule has 2 heterocycles. The van der Waals surface area contributed by atoms with Gasteiger partial charge in [-0.1, -0.05) is 49.4 Å². The Bertz CT molecular complexity index is 1170. The number of ether oxygens (including phenoxy) is 3. The van der Waals surface area contributed by atoms with Gasteiger partial charge in [0.1, 0.15) is 18.0 Å². The van der Waals surface area contributed by atoms with Crippen molar-refractivity contribution >= 4 is 11.8 Å². The van der Waals surface area contributed by atoms with Gasteiger partial charge < -0.3 is 19.1 Å². The summed E-state index contributed by atoms with van der Waals surface area (Å²) < 4.78 is 17.4. The van der Waals surface area contributed by atoms with Crippen molar-refractivity contribution in [2.75, 3.05) is 31.6 Å². The molecule has 0 aliphatic carbocycles. The van der Waals surface area contributed by atoms with E-state index in [2.05, 4.69) is 39.9 Å². The van der Waals surface area contributed by atoms with Crippen LogP contribution in [-0.2, 0) is 17.9 Å². The standard InChI is InChI=1S/C30H37N3O4/c1-5-32(19-24-13-9-15-27(35-4)28(24)36-21-23-11-7-6-8-12-23)25-16-18-33(20-25)29-26(14-10-17-31-29)30(34)37-22(2)3/h6-15,17,22,25H,5,16,18-21H2,1-4H3/t25-/m0/s1. The average molecular weight is 504 g/mol. The number of methoxy groups -OCH3 is 1. The number of anilines is 1. The van der Waals surface area contributed by atoms with Gasteiger partial charge in [-0.05, 0) is 50.6 Å². The van der Waals surface area contributed by atoms with Crippen LogP contribution >= 0.6 is 0 Å². The third-order valence-electron chi connectivity index (χ3n) is 6.61. The van der Waals surface area contributed by atoms with Crippen LogP contribution in [0.4, 0.5) is 5.82 Å². The van der Waals surface area contributed by atoms with E-state index in [1.807, 2.05) is 44.2 Å². The molecule has 1 aliphatic rings. The Hall–Kier alpha value is -3.58. The number of nitrogens with zero attached hydrogens (tertiary/aromatic N) is 3. The van der Waals surface area contributed by atoms with Gasteiger partial charge in [0.15, 0.2) is 11.5 Å². The lowest BCUT2D eigenvalue weighted by atomic mass is 10.1. The van der Waals surface area contributed by atoms with E-state index in [4.69, 9.17) is 14.2 Å². The first kappa shape index (κ1) is 26.5. The minimum absolute atomic E-state index is 0.177. The number of hydrogen-bond donors (Lipinski definition) is 0. The van der Waals surface area contributed by atoms with Crippen LogP contribution in [0.15, 0.2) is 66.9 Å². The van der Waals surface area contributed by atoms with Crippen molar-refractivity contribution in [3.63, 3.8) is 0 Å². The molecule has 0 amide bonds. The molecule has 37 heavy (non-hydrogen) atoms. The molecule has 1 aliphatic heterocycles. The lowest BCUT2D eigenvalue weighted by molar-refractivity contribution is 0.0378. The first-order chi connectivity index (χ1) is 18.0. The van der Waals surface area contributed by atoms with Crippen LogP contribution in [-0.4, -0.2) is 54.7 Å². The predicted octanol–water partition coefficient (Wildman–Crippen LogP) is 5.34. The Morgan fingerprint density at radius 3 is 2.65 bits per heavy atom. The van der Waals surface area contributed by atoms with Crippen LogP contribution in [0.2, 0.25) is 0 Å². The van der Waals surface area contributed by atoms with Gasteiger partial charge in [0.05, 0.1) is 13.2 Å². The number of carbonyl (C=O) groups is 1. The van der Waals surface area contributed by atoms with E-state index < -0.39 is 0 Å². The number of pyridine rings is 1. The van der Waals surface area contributed by atoms with Crippen molar-refractivity contribution in [2.24, 2.45) is 0 Å². The molecule has 0 spiro atoms. The topological polar surface area (TPSA) is 64.1 Å². The molecule has 1 aromatic heterocycles. The molecule has 3 aromatic rings. The first-order valence-electron chi connectivity index (χ1n) is 13.0. The van der Waals surface area contributed by atoms with Crippen molar-refractivity contribution in [1.82, 2.24) is 9.88 Å². The normalized spacial score (nSPS) is 15.3. The van der Waals surface area contributed by atoms with Gasteiger partial charge in [-0.25, -0.2) is 9.78 Å². The molecule has 7 heteroatoms. The van der Waals surface area contributed by atoms with Crippen LogP contribution in [0, 0.1) is 0 Å². The average Bonchev–Trinajstić information content (AvgIpc) is 3.41. The molecule has 7 nitrogen and oxygen atoms in total. The molecular weight excluding hydrogens is 466 g/mol. The SMILES string of the molecule is CCN(Cc1cccc(OC)c1OCc1ccccc1)[C@H]1CCN(c2ncccc2C(=O)OC(C)C)C1. The molecule has 1 fully saturated rings. The van der Waals surface area contributed by atoms with Crippen LogP contribution in [0.3, 0.4) is 0 Å². The van der Waals surface area contributed by atoms with Gasteiger partial charge in [0.2, 0.25) is 0 Å². The molecular formula is C30H37N3O4. The van der Waals surface area contributed by atoms with Gasteiger partial charge in [-0.3, -0.25) is 4.90 Å². The molecule has 0 radical (unpaired) electrons. The second-order valence-electron chi connectivity index (χ2n) is 9.50. The molecule has 1 saturated heterocycles. The number of likely N-dealkylation sites (N-methyl/N-ethyl adjacent to an activating group) is 1. The summed E-state index contributed by atoms with van der Waals surface area (Å²) in [6.07, 6.45) is 2.54. The lowest BCUT2D eigenvalue weighted by Gasteiger charge is -2.29. The summed E-state index contributed by atoms with van der Waals surface area (Å²) in [7, 11) is 1.68. The summed E-state index contributed by atoms with van der Waals surface area (Å²) in [5, 5.41) is 0. The van der Waals surface area contributed by atoms with Crippen molar-refractivity contribution < 1.29 is 19.0 Å². The van der Waals surface area contributed by atoms with Gasteiger partial charge >= 0.3 is 5.97 Å². The Labute approximate surface area is 220 Å². The second-order valence-corrected chi connectivity index (χ2v) is 9.50. The van der Waals surface area contributed by atoms with Crippen molar-refractivity contribution in [3.05, 3.63) is 83.6 Å². The lowest BCUT2D eigenvalue weighted by Crippen LogP contribution is -2.37. The van der Waals surface area contributed by atoms with Gasteiger partial charge in [0, 0.05) is 37.4 Å². The van der Waals surface area contributed by atoms with E-state index in [0.29, 0.717) is 24.0 Å². The highest BCUT2D eigenvalue weighted by Gasteiger charge is 2.31. The third kappa shape index (κ3) is 6.60. The van der Waals surface area contributed by atoms with Crippen LogP contribution in [0.5, 0.6) is 11.5 Å². The highest BCUT2D eigenvalue weighted by molar-refractivity contribution is 5.95. The minimum Gasteiger partial charge on any atom is -0.493 e. The van der Waals surface area contributed by atoms with E-state index in [0.717, 1.165) is 55.2 Å². The third-order valence-corrected chi connectivity index (χ3v) is 6.61.